The highest BCUT2D eigenvalue weighted by atomic mass is 35.5. The van der Waals surface area contributed by atoms with Crippen molar-refractivity contribution in [1.82, 2.24) is 34.0 Å². The van der Waals surface area contributed by atoms with Gasteiger partial charge in [-0.15, -0.1) is 5.10 Å². The lowest BCUT2D eigenvalue weighted by Gasteiger charge is -2.37. The van der Waals surface area contributed by atoms with Crippen molar-refractivity contribution in [1.29, 1.82) is 0 Å². The minimum absolute atomic E-state index is 0.00724. The predicted octanol–water partition coefficient (Wildman–Crippen LogP) is 4.82. The van der Waals surface area contributed by atoms with Gasteiger partial charge in [0, 0.05) is 31.7 Å². The van der Waals surface area contributed by atoms with E-state index in [4.69, 9.17) is 16.3 Å². The Morgan fingerprint density at radius 3 is 2.45 bits per heavy atom. The molecular weight excluding hydrogens is 757 g/mol. The van der Waals surface area contributed by atoms with Gasteiger partial charge in [0.05, 0.1) is 40.9 Å². The Morgan fingerprint density at radius 2 is 1.76 bits per heavy atom. The third-order valence-corrected chi connectivity index (χ3v) is 9.80. The highest BCUT2D eigenvalue weighted by Gasteiger charge is 2.46. The molecule has 0 aliphatic carbocycles. The van der Waals surface area contributed by atoms with E-state index in [2.05, 4.69) is 20.1 Å². The molecule has 55 heavy (non-hydrogen) atoms. The fourth-order valence-electron chi connectivity index (χ4n) is 6.60. The summed E-state index contributed by atoms with van der Waals surface area (Å²) >= 11 is 5.99. The number of piperazine rings is 1. The van der Waals surface area contributed by atoms with Gasteiger partial charge in [-0.2, -0.15) is 31.5 Å². The van der Waals surface area contributed by atoms with E-state index in [9.17, 15) is 32.7 Å². The Labute approximate surface area is 313 Å². The average Bonchev–Trinajstić information content (AvgIpc) is 3.61. The summed E-state index contributed by atoms with van der Waals surface area (Å²) in [5.41, 5.74) is -0.801. The molecule has 2 N–H and O–H groups in total. The van der Waals surface area contributed by atoms with Crippen LogP contribution in [0.4, 0.5) is 33.3 Å². The molecule has 288 valence electrons. The summed E-state index contributed by atoms with van der Waals surface area (Å²) in [6.07, 6.45) is -3.30. The second kappa shape index (κ2) is 14.2. The molecule has 0 saturated carbocycles. The van der Waals surface area contributed by atoms with Crippen LogP contribution in [0.1, 0.15) is 45.5 Å². The van der Waals surface area contributed by atoms with Crippen LogP contribution in [-0.4, -0.2) is 83.7 Å². The van der Waals surface area contributed by atoms with Crippen molar-refractivity contribution in [3.63, 3.8) is 0 Å². The second-order valence-electron chi connectivity index (χ2n) is 12.8. The van der Waals surface area contributed by atoms with Gasteiger partial charge in [-0.3, -0.25) is 14.4 Å². The van der Waals surface area contributed by atoms with Crippen molar-refractivity contribution in [2.45, 2.75) is 45.5 Å². The van der Waals surface area contributed by atoms with E-state index in [1.54, 1.807) is 18.2 Å². The highest BCUT2D eigenvalue weighted by molar-refractivity contribution is 6.33. The van der Waals surface area contributed by atoms with Crippen molar-refractivity contribution in [2.75, 3.05) is 43.0 Å². The van der Waals surface area contributed by atoms with Gasteiger partial charge in [-0.05, 0) is 55.2 Å². The average molecular weight is 788 g/mol. The lowest BCUT2D eigenvalue weighted by atomic mass is 10.0. The number of carbonyl (C=O) groups is 2. The Bertz CT molecular complexity index is 2410. The normalized spacial score (nSPS) is 15.0. The number of rotatable bonds is 7. The summed E-state index contributed by atoms with van der Waals surface area (Å²) in [5, 5.41) is 16.0. The first kappa shape index (κ1) is 37.6. The smallest absolute Gasteiger partial charge is 0.416 e. The number of nitrogens with one attached hydrogen (secondary N) is 1. The number of aromatic hydroxyl groups is 1. The van der Waals surface area contributed by atoms with Crippen LogP contribution in [-0.2, 0) is 41.2 Å². The zero-order chi connectivity index (χ0) is 39.4. The largest absolute Gasteiger partial charge is 0.504 e. The summed E-state index contributed by atoms with van der Waals surface area (Å²) in [4.78, 5) is 56.0. The van der Waals surface area contributed by atoms with Crippen LogP contribution in [0.3, 0.4) is 0 Å². The van der Waals surface area contributed by atoms with Crippen LogP contribution in [0.5, 0.6) is 5.75 Å². The number of hydrogen-bond donors (Lipinski definition) is 2. The third-order valence-electron chi connectivity index (χ3n) is 9.49. The quantitative estimate of drug-likeness (QED) is 0.219. The summed E-state index contributed by atoms with van der Waals surface area (Å²) in [7, 11) is 0. The molecule has 0 atom stereocenters. The zero-order valence-electron chi connectivity index (χ0n) is 29.1. The van der Waals surface area contributed by atoms with E-state index in [1.165, 1.54) is 23.6 Å². The van der Waals surface area contributed by atoms with Crippen molar-refractivity contribution in [2.24, 2.45) is 0 Å². The van der Waals surface area contributed by atoms with Gasteiger partial charge in [0.2, 0.25) is 5.78 Å². The summed E-state index contributed by atoms with van der Waals surface area (Å²) in [6, 6.07) is 2.51. The predicted molar refractivity (Wildman–Crippen MR) is 187 cm³/mol. The molecule has 7 rings (SSSR count). The lowest BCUT2D eigenvalue weighted by Crippen LogP contribution is -2.51. The first-order valence-corrected chi connectivity index (χ1v) is 17.3. The molecule has 14 nitrogen and oxygen atoms in total. The molecule has 0 unspecified atom stereocenters. The molecule has 20 heteroatoms. The van der Waals surface area contributed by atoms with Crippen LogP contribution in [0.25, 0.3) is 17.2 Å². The first-order chi connectivity index (χ1) is 26.1. The molecule has 5 heterocycles. The number of benzene rings is 2. The molecular formula is C35H31ClF5N9O5. The molecule has 0 bridgehead atoms. The maximum Gasteiger partial charge on any atom is 0.416 e. The number of alkyl halides is 5. The number of nitrogens with zero attached hydrogens (tertiary/aromatic N) is 8. The topological polar surface area (TPSA) is 160 Å². The number of fused-ring (bicyclic) bond motifs is 2. The Morgan fingerprint density at radius 1 is 1.02 bits per heavy atom. The van der Waals surface area contributed by atoms with Crippen molar-refractivity contribution in [3.05, 3.63) is 91.9 Å². The van der Waals surface area contributed by atoms with Gasteiger partial charge in [-0.1, -0.05) is 30.7 Å². The van der Waals surface area contributed by atoms with Gasteiger partial charge < -0.3 is 25.0 Å². The molecule has 1 saturated heterocycles. The number of anilines is 2. The Balaban J connectivity index is 1.31. The first-order valence-electron chi connectivity index (χ1n) is 17.0. The van der Waals surface area contributed by atoms with Gasteiger partial charge in [-0.25, -0.2) is 14.5 Å². The van der Waals surface area contributed by atoms with Crippen LogP contribution in [0.2, 0.25) is 5.02 Å². The molecule has 5 aromatic rings. The van der Waals surface area contributed by atoms with Gasteiger partial charge in [0.15, 0.2) is 17.3 Å². The van der Waals surface area contributed by atoms with Crippen LogP contribution >= 0.6 is 11.6 Å². The standard InChI is InChI=1S/C35H31ClF5N9O5/c1-3-25-27(47-9-11-48(12-10-47)30(52)26-28(51)18(2)42-17-43-26)31(53)50-33(45-29(46-50)20-4-5-21-16-55-13-8-19(21)14-20)49(25)35(40,41)32(54)44-24-7-6-22(15-23(24)36)34(37,38)39/h4-7,14-15,17,51H,3,8-13,16H2,1-2H3,(H,44,54). The number of aryl methyl sites for hydroxylation is 1. The highest BCUT2D eigenvalue weighted by Crippen LogP contribution is 2.36. The zero-order valence-corrected chi connectivity index (χ0v) is 29.9. The van der Waals surface area contributed by atoms with Gasteiger partial charge >= 0.3 is 18.1 Å². The fourth-order valence-corrected chi connectivity index (χ4v) is 6.82. The van der Waals surface area contributed by atoms with Gasteiger partial charge in [0.25, 0.3) is 11.5 Å². The van der Waals surface area contributed by atoms with E-state index in [0.717, 1.165) is 23.5 Å². The molecule has 2 aliphatic heterocycles. The van der Waals surface area contributed by atoms with E-state index in [1.807, 2.05) is 5.32 Å². The van der Waals surface area contributed by atoms with Crippen molar-refractivity contribution >= 4 is 40.6 Å². The van der Waals surface area contributed by atoms with E-state index in [-0.39, 0.29) is 66.9 Å². The lowest BCUT2D eigenvalue weighted by molar-refractivity contribution is -0.154. The number of halogens is 6. The van der Waals surface area contributed by atoms with Crippen molar-refractivity contribution < 1.29 is 41.4 Å². The fraction of sp³-hybridized carbons (Fsp3) is 0.343. The van der Waals surface area contributed by atoms with Crippen LogP contribution in [0.15, 0.2) is 47.5 Å². The minimum atomic E-state index is -4.78. The number of carbonyl (C=O) groups excluding carboxylic acids is 2. The summed E-state index contributed by atoms with van der Waals surface area (Å²) < 4.78 is 79.8. The van der Waals surface area contributed by atoms with E-state index in [0.29, 0.717) is 46.4 Å². The van der Waals surface area contributed by atoms with Crippen molar-refractivity contribution in [3.8, 4) is 17.1 Å². The van der Waals surface area contributed by atoms with Crippen LogP contribution < -0.4 is 15.8 Å². The molecule has 1 fully saturated rings. The minimum Gasteiger partial charge on any atom is -0.504 e. The Kier molecular flexibility index (Phi) is 9.70. The molecule has 0 radical (unpaired) electrons. The molecule has 2 aromatic carbocycles. The Hall–Kier alpha value is -5.69. The molecule has 2 amide bonds. The third kappa shape index (κ3) is 6.81. The van der Waals surface area contributed by atoms with E-state index >= 15 is 8.78 Å². The summed E-state index contributed by atoms with van der Waals surface area (Å²) in [6.45, 7) is 3.77. The maximum atomic E-state index is 16.8. The molecule has 0 spiro atoms. The molecule has 3 aromatic heterocycles. The van der Waals surface area contributed by atoms with Gasteiger partial charge in [0.1, 0.15) is 12.0 Å². The SMILES string of the molecule is CCc1c(N2CCN(C(=O)c3ncnc(C)c3O)CC2)c(=O)n2nc(-c3ccc4c(c3)CCOC4)nc2n1C(F)(F)C(=O)Nc1ccc(C(F)(F)F)cc1Cl. The number of ether oxygens (including phenoxy) is 1. The van der Waals surface area contributed by atoms with Crippen LogP contribution in [0, 0.1) is 6.92 Å². The molecule has 2 aliphatic rings. The number of amides is 2. The maximum absolute atomic E-state index is 16.8. The van der Waals surface area contributed by atoms with E-state index < -0.39 is 51.6 Å². The number of aromatic nitrogens is 6. The number of hydrogen-bond acceptors (Lipinski definition) is 10. The second-order valence-corrected chi connectivity index (χ2v) is 13.3. The summed E-state index contributed by atoms with van der Waals surface area (Å²) in [5.74, 6) is -3.73. The monoisotopic (exact) mass is 787 g/mol.